The average Bonchev–Trinajstić information content (AvgIpc) is 3.06. The Morgan fingerprint density at radius 1 is 1.27 bits per heavy atom. The molecule has 0 aromatic heterocycles. The zero-order valence-corrected chi connectivity index (χ0v) is 16.7. The van der Waals surface area contributed by atoms with Gasteiger partial charge in [0.1, 0.15) is 0 Å². The summed E-state index contributed by atoms with van der Waals surface area (Å²) in [5.41, 5.74) is 0.907. The van der Waals surface area contributed by atoms with Crippen LogP contribution in [0.25, 0.3) is 0 Å². The van der Waals surface area contributed by atoms with Gasteiger partial charge in [0, 0.05) is 19.1 Å². The van der Waals surface area contributed by atoms with E-state index < -0.39 is 10.0 Å². The third-order valence-electron chi connectivity index (χ3n) is 5.24. The Morgan fingerprint density at radius 3 is 2.77 bits per heavy atom. The molecule has 2 aliphatic heterocycles. The van der Waals surface area contributed by atoms with Crippen LogP contribution in [0, 0.1) is 0 Å². The maximum absolute atomic E-state index is 12.5. The van der Waals surface area contributed by atoms with Gasteiger partial charge in [0.15, 0.2) is 0 Å². The number of carbonyl (C=O) groups excluding carboxylic acids is 1. The Kier molecular flexibility index (Phi) is 6.10. The van der Waals surface area contributed by atoms with Crippen LogP contribution in [0.3, 0.4) is 0 Å². The van der Waals surface area contributed by atoms with Crippen LogP contribution in [-0.2, 0) is 10.0 Å². The van der Waals surface area contributed by atoms with Gasteiger partial charge in [0.05, 0.1) is 22.0 Å². The minimum Gasteiger partial charge on any atom is -0.350 e. The van der Waals surface area contributed by atoms with E-state index >= 15 is 0 Å². The van der Waals surface area contributed by atoms with Crippen LogP contribution >= 0.6 is 11.6 Å². The SMILES string of the molecule is CCN1CCC[C@@H]1CNC(=O)c1ccc(N2CCCCS2(=O)=O)cc1Cl. The number of likely N-dealkylation sites (N-methyl/N-ethyl adjacent to an activating group) is 1. The number of anilines is 1. The molecule has 0 unspecified atom stereocenters. The highest BCUT2D eigenvalue weighted by molar-refractivity contribution is 7.92. The van der Waals surface area contributed by atoms with Gasteiger partial charge >= 0.3 is 0 Å². The first-order valence-corrected chi connectivity index (χ1v) is 11.2. The lowest BCUT2D eigenvalue weighted by Gasteiger charge is -2.28. The Labute approximate surface area is 160 Å². The quantitative estimate of drug-likeness (QED) is 0.825. The number of rotatable bonds is 5. The van der Waals surface area contributed by atoms with Crippen LogP contribution in [0.15, 0.2) is 18.2 Å². The van der Waals surface area contributed by atoms with Crippen LogP contribution in [0.2, 0.25) is 5.02 Å². The molecule has 1 amide bonds. The molecule has 3 rings (SSSR count). The van der Waals surface area contributed by atoms with Crippen LogP contribution < -0.4 is 9.62 Å². The number of benzene rings is 1. The van der Waals surface area contributed by atoms with E-state index in [9.17, 15) is 13.2 Å². The molecular formula is C18H26ClN3O3S. The Balaban J connectivity index is 1.68. The third-order valence-corrected chi connectivity index (χ3v) is 7.42. The zero-order valence-electron chi connectivity index (χ0n) is 15.1. The van der Waals surface area contributed by atoms with Crippen molar-refractivity contribution in [2.24, 2.45) is 0 Å². The number of carbonyl (C=O) groups is 1. The Hall–Kier alpha value is -1.31. The summed E-state index contributed by atoms with van der Waals surface area (Å²) in [6.45, 7) is 5.26. The summed E-state index contributed by atoms with van der Waals surface area (Å²) in [5.74, 6) is -0.0617. The monoisotopic (exact) mass is 399 g/mol. The van der Waals surface area contributed by atoms with E-state index in [1.54, 1.807) is 18.2 Å². The molecule has 2 heterocycles. The number of sulfonamides is 1. The molecule has 6 nitrogen and oxygen atoms in total. The minimum absolute atomic E-state index is 0.155. The maximum Gasteiger partial charge on any atom is 0.252 e. The number of likely N-dealkylation sites (tertiary alicyclic amines) is 1. The third kappa shape index (κ3) is 4.15. The Bertz CT molecular complexity index is 769. The largest absolute Gasteiger partial charge is 0.350 e. The van der Waals surface area contributed by atoms with Crippen molar-refractivity contribution < 1.29 is 13.2 Å². The molecule has 1 aromatic carbocycles. The first-order chi connectivity index (χ1) is 12.4. The highest BCUT2D eigenvalue weighted by Crippen LogP contribution is 2.28. The summed E-state index contributed by atoms with van der Waals surface area (Å²) in [6, 6.07) is 5.23. The molecule has 1 atom stereocenters. The smallest absolute Gasteiger partial charge is 0.252 e. The van der Waals surface area contributed by atoms with Gasteiger partial charge in [-0.3, -0.25) is 14.0 Å². The molecule has 8 heteroatoms. The second-order valence-electron chi connectivity index (χ2n) is 6.89. The van der Waals surface area contributed by atoms with Crippen LogP contribution in [0.1, 0.15) is 43.0 Å². The molecule has 0 bridgehead atoms. The van der Waals surface area contributed by atoms with Gasteiger partial charge < -0.3 is 5.32 Å². The van der Waals surface area contributed by atoms with E-state index in [0.29, 0.717) is 36.8 Å². The van der Waals surface area contributed by atoms with Crippen molar-refractivity contribution in [2.45, 2.75) is 38.6 Å². The predicted octanol–water partition coefficient (Wildman–Crippen LogP) is 2.48. The number of nitrogens with one attached hydrogen (secondary N) is 1. The first kappa shape index (κ1) is 19.5. The van der Waals surface area contributed by atoms with Gasteiger partial charge in [-0.25, -0.2) is 8.42 Å². The second kappa shape index (κ2) is 8.15. The average molecular weight is 400 g/mol. The molecule has 0 spiro atoms. The lowest BCUT2D eigenvalue weighted by molar-refractivity contribution is 0.0941. The van der Waals surface area contributed by atoms with Crippen molar-refractivity contribution in [3.63, 3.8) is 0 Å². The first-order valence-electron chi connectivity index (χ1n) is 9.24. The van der Waals surface area contributed by atoms with Crippen LogP contribution in [0.4, 0.5) is 5.69 Å². The normalized spacial score (nSPS) is 23.2. The van der Waals surface area contributed by atoms with Gasteiger partial charge in [0.25, 0.3) is 5.91 Å². The van der Waals surface area contributed by atoms with Gasteiger partial charge in [-0.1, -0.05) is 18.5 Å². The molecule has 2 aliphatic rings. The zero-order chi connectivity index (χ0) is 18.7. The van der Waals surface area contributed by atoms with Crippen molar-refractivity contribution >= 4 is 33.2 Å². The predicted molar refractivity (Wildman–Crippen MR) is 104 cm³/mol. The molecule has 1 N–H and O–H groups in total. The fourth-order valence-corrected chi connectivity index (χ4v) is 5.66. The molecule has 0 radical (unpaired) electrons. The van der Waals surface area contributed by atoms with Crippen molar-refractivity contribution in [3.8, 4) is 0 Å². The molecule has 144 valence electrons. The summed E-state index contributed by atoms with van der Waals surface area (Å²) in [5, 5.41) is 3.24. The maximum atomic E-state index is 12.5. The van der Waals surface area contributed by atoms with Crippen molar-refractivity contribution in [3.05, 3.63) is 28.8 Å². The molecule has 26 heavy (non-hydrogen) atoms. The number of halogens is 1. The lowest BCUT2D eigenvalue weighted by atomic mass is 10.1. The van der Waals surface area contributed by atoms with Gasteiger partial charge in [-0.15, -0.1) is 0 Å². The topological polar surface area (TPSA) is 69.7 Å². The highest BCUT2D eigenvalue weighted by atomic mass is 35.5. The van der Waals surface area contributed by atoms with E-state index in [0.717, 1.165) is 32.4 Å². The minimum atomic E-state index is -3.29. The van der Waals surface area contributed by atoms with E-state index in [2.05, 4.69) is 17.1 Å². The number of nitrogens with zero attached hydrogens (tertiary/aromatic N) is 2. The number of hydrogen-bond acceptors (Lipinski definition) is 4. The molecular weight excluding hydrogens is 374 g/mol. The summed E-state index contributed by atoms with van der Waals surface area (Å²) in [6.07, 6.45) is 3.76. The van der Waals surface area contributed by atoms with Crippen molar-refractivity contribution in [1.82, 2.24) is 10.2 Å². The van der Waals surface area contributed by atoms with Crippen LogP contribution in [0.5, 0.6) is 0 Å². The van der Waals surface area contributed by atoms with E-state index in [-0.39, 0.29) is 16.7 Å². The summed E-state index contributed by atoms with van der Waals surface area (Å²) in [4.78, 5) is 14.9. The molecule has 0 aliphatic carbocycles. The molecule has 2 fully saturated rings. The van der Waals surface area contributed by atoms with E-state index in [1.807, 2.05) is 0 Å². The van der Waals surface area contributed by atoms with Crippen LogP contribution in [-0.4, -0.2) is 57.2 Å². The Morgan fingerprint density at radius 2 is 2.08 bits per heavy atom. The fraction of sp³-hybridized carbons (Fsp3) is 0.611. The van der Waals surface area contributed by atoms with Gasteiger partial charge in [-0.05, 0) is 57.0 Å². The standard InChI is InChI=1S/C18H26ClN3O3S/c1-2-21-9-5-6-15(21)13-20-18(23)16-8-7-14(12-17(16)19)22-10-3-4-11-26(22,24)25/h7-8,12,15H,2-6,9-11,13H2,1H3,(H,20,23)/t15-/m1/s1. The molecule has 2 saturated heterocycles. The fourth-order valence-electron chi connectivity index (χ4n) is 3.77. The summed E-state index contributed by atoms with van der Waals surface area (Å²) < 4.78 is 25.8. The van der Waals surface area contributed by atoms with Crippen molar-refractivity contribution in [2.75, 3.05) is 36.2 Å². The van der Waals surface area contributed by atoms with Gasteiger partial charge in [-0.2, -0.15) is 0 Å². The van der Waals surface area contributed by atoms with E-state index in [4.69, 9.17) is 11.6 Å². The van der Waals surface area contributed by atoms with E-state index in [1.165, 1.54) is 4.31 Å². The summed E-state index contributed by atoms with van der Waals surface area (Å²) >= 11 is 6.30. The van der Waals surface area contributed by atoms with Crippen molar-refractivity contribution in [1.29, 1.82) is 0 Å². The summed E-state index contributed by atoms with van der Waals surface area (Å²) in [7, 11) is -3.29. The molecule has 1 aromatic rings. The molecule has 0 saturated carbocycles. The highest BCUT2D eigenvalue weighted by Gasteiger charge is 2.27. The number of amides is 1. The lowest BCUT2D eigenvalue weighted by Crippen LogP contribution is -2.40. The number of hydrogen-bond donors (Lipinski definition) is 1. The van der Waals surface area contributed by atoms with Gasteiger partial charge in [0.2, 0.25) is 10.0 Å². The second-order valence-corrected chi connectivity index (χ2v) is 9.31.